The maximum absolute atomic E-state index is 3.69. The van der Waals surface area contributed by atoms with E-state index in [1.54, 1.807) is 0 Å². The number of nitrogens with one attached hydrogen (secondary N) is 1. The highest BCUT2D eigenvalue weighted by atomic mass is 14.9. The third kappa shape index (κ3) is 4.65. The van der Waals surface area contributed by atoms with Gasteiger partial charge in [0.25, 0.3) is 0 Å². The molecule has 0 bridgehead atoms. The molecular formula is C18H29N. The Hall–Kier alpha value is -0.820. The van der Waals surface area contributed by atoms with Crippen molar-refractivity contribution in [2.75, 3.05) is 6.54 Å². The van der Waals surface area contributed by atoms with E-state index in [2.05, 4.69) is 43.4 Å². The average molecular weight is 259 g/mol. The molecule has 1 N–H and O–H groups in total. The van der Waals surface area contributed by atoms with Crippen molar-refractivity contribution in [3.8, 4) is 0 Å². The second-order valence-corrected chi connectivity index (χ2v) is 6.12. The fourth-order valence-corrected chi connectivity index (χ4v) is 3.40. The molecule has 1 aromatic rings. The Balaban J connectivity index is 2.02. The van der Waals surface area contributed by atoms with Gasteiger partial charge in [0, 0.05) is 6.04 Å². The molecule has 1 unspecified atom stereocenters. The van der Waals surface area contributed by atoms with Crippen molar-refractivity contribution in [2.45, 2.75) is 64.8 Å². The largest absolute Gasteiger partial charge is 0.310 e. The summed E-state index contributed by atoms with van der Waals surface area (Å²) in [4.78, 5) is 0. The van der Waals surface area contributed by atoms with Gasteiger partial charge in [0.15, 0.2) is 0 Å². The minimum absolute atomic E-state index is 0.549. The van der Waals surface area contributed by atoms with Gasteiger partial charge in [-0.3, -0.25) is 0 Å². The van der Waals surface area contributed by atoms with Gasteiger partial charge in [-0.25, -0.2) is 0 Å². The molecule has 0 amide bonds. The van der Waals surface area contributed by atoms with Crippen LogP contribution in [0.1, 0.15) is 69.0 Å². The molecule has 1 heteroatoms. The second kappa shape index (κ2) is 7.69. The quantitative estimate of drug-likeness (QED) is 0.733. The highest BCUT2D eigenvalue weighted by Crippen LogP contribution is 2.31. The Morgan fingerprint density at radius 3 is 2.53 bits per heavy atom. The third-order valence-corrected chi connectivity index (χ3v) is 4.44. The van der Waals surface area contributed by atoms with E-state index in [-0.39, 0.29) is 0 Å². The molecule has 1 nitrogen and oxygen atoms in total. The van der Waals surface area contributed by atoms with Crippen LogP contribution in [0.2, 0.25) is 0 Å². The van der Waals surface area contributed by atoms with E-state index in [9.17, 15) is 0 Å². The second-order valence-electron chi connectivity index (χ2n) is 6.12. The molecule has 1 aliphatic rings. The van der Waals surface area contributed by atoms with Gasteiger partial charge >= 0.3 is 0 Å². The van der Waals surface area contributed by atoms with Crippen LogP contribution in [-0.2, 0) is 0 Å². The number of hydrogen-bond donors (Lipinski definition) is 1. The van der Waals surface area contributed by atoms with E-state index in [0.29, 0.717) is 6.04 Å². The van der Waals surface area contributed by atoms with Crippen molar-refractivity contribution in [1.29, 1.82) is 0 Å². The smallest absolute Gasteiger partial charge is 0.0322 e. The van der Waals surface area contributed by atoms with Crippen molar-refractivity contribution >= 4 is 0 Å². The third-order valence-electron chi connectivity index (χ3n) is 4.44. The normalized spacial score (nSPS) is 19.1. The van der Waals surface area contributed by atoms with Gasteiger partial charge in [0.1, 0.15) is 0 Å². The first-order chi connectivity index (χ1) is 9.29. The van der Waals surface area contributed by atoms with E-state index in [1.165, 1.54) is 56.1 Å². The van der Waals surface area contributed by atoms with Crippen molar-refractivity contribution in [2.24, 2.45) is 5.92 Å². The minimum Gasteiger partial charge on any atom is -0.310 e. The lowest BCUT2D eigenvalue weighted by Gasteiger charge is -2.24. The number of hydrogen-bond acceptors (Lipinski definition) is 1. The molecule has 1 aromatic carbocycles. The van der Waals surface area contributed by atoms with Gasteiger partial charge < -0.3 is 5.32 Å². The molecule has 106 valence electrons. The monoisotopic (exact) mass is 259 g/mol. The van der Waals surface area contributed by atoms with E-state index in [4.69, 9.17) is 0 Å². The first-order valence-electron chi connectivity index (χ1n) is 8.09. The molecule has 1 saturated carbocycles. The number of aryl methyl sites for hydroxylation is 1. The Kier molecular flexibility index (Phi) is 5.91. The molecule has 1 atom stereocenters. The zero-order valence-corrected chi connectivity index (χ0v) is 12.6. The standard InChI is InChI=1S/C18H29N/c1-3-19-18(17-12-8-9-15(2)13-17)14-16-10-6-4-5-7-11-16/h8-9,12-13,16,18-19H,3-7,10-11,14H2,1-2H3. The van der Waals surface area contributed by atoms with Crippen LogP contribution in [0.25, 0.3) is 0 Å². The van der Waals surface area contributed by atoms with Crippen LogP contribution in [0.5, 0.6) is 0 Å². The Labute approximate surface area is 118 Å². The lowest BCUT2D eigenvalue weighted by molar-refractivity contribution is 0.359. The van der Waals surface area contributed by atoms with Crippen LogP contribution in [-0.4, -0.2) is 6.54 Å². The summed E-state index contributed by atoms with van der Waals surface area (Å²) < 4.78 is 0. The lowest BCUT2D eigenvalue weighted by Crippen LogP contribution is -2.23. The summed E-state index contributed by atoms with van der Waals surface area (Å²) in [5, 5.41) is 3.69. The topological polar surface area (TPSA) is 12.0 Å². The Bertz CT molecular complexity index is 364. The van der Waals surface area contributed by atoms with Crippen LogP contribution >= 0.6 is 0 Å². The van der Waals surface area contributed by atoms with E-state index < -0.39 is 0 Å². The zero-order chi connectivity index (χ0) is 13.5. The highest BCUT2D eigenvalue weighted by molar-refractivity contribution is 5.25. The Morgan fingerprint density at radius 1 is 1.16 bits per heavy atom. The lowest BCUT2D eigenvalue weighted by atomic mass is 9.89. The van der Waals surface area contributed by atoms with Crippen molar-refractivity contribution in [3.05, 3.63) is 35.4 Å². The van der Waals surface area contributed by atoms with E-state index in [1.807, 2.05) is 0 Å². The van der Waals surface area contributed by atoms with Gasteiger partial charge in [-0.15, -0.1) is 0 Å². The van der Waals surface area contributed by atoms with E-state index >= 15 is 0 Å². The maximum atomic E-state index is 3.69. The molecule has 0 aromatic heterocycles. The molecule has 0 heterocycles. The predicted molar refractivity (Wildman–Crippen MR) is 83.4 cm³/mol. The molecule has 0 saturated heterocycles. The summed E-state index contributed by atoms with van der Waals surface area (Å²) in [6, 6.07) is 9.58. The molecule has 0 radical (unpaired) electrons. The number of rotatable bonds is 5. The fourth-order valence-electron chi connectivity index (χ4n) is 3.40. The first-order valence-corrected chi connectivity index (χ1v) is 8.09. The molecule has 0 spiro atoms. The van der Waals surface area contributed by atoms with Gasteiger partial charge in [-0.2, -0.15) is 0 Å². The van der Waals surface area contributed by atoms with Crippen molar-refractivity contribution < 1.29 is 0 Å². The van der Waals surface area contributed by atoms with Crippen LogP contribution in [0, 0.1) is 12.8 Å². The average Bonchev–Trinajstić information content (AvgIpc) is 2.67. The summed E-state index contributed by atoms with van der Waals surface area (Å²) in [5.74, 6) is 0.923. The van der Waals surface area contributed by atoms with Gasteiger partial charge in [0.2, 0.25) is 0 Å². The van der Waals surface area contributed by atoms with Crippen LogP contribution in [0.3, 0.4) is 0 Å². The van der Waals surface area contributed by atoms with Crippen LogP contribution in [0.4, 0.5) is 0 Å². The highest BCUT2D eigenvalue weighted by Gasteiger charge is 2.18. The molecular weight excluding hydrogens is 230 g/mol. The summed E-state index contributed by atoms with van der Waals surface area (Å²) in [6.07, 6.45) is 9.98. The molecule has 0 aliphatic heterocycles. The zero-order valence-electron chi connectivity index (χ0n) is 12.6. The Morgan fingerprint density at radius 2 is 1.89 bits per heavy atom. The minimum atomic E-state index is 0.549. The SMILES string of the molecule is CCNC(CC1CCCCCC1)c1cccc(C)c1. The number of benzene rings is 1. The summed E-state index contributed by atoms with van der Waals surface area (Å²) in [6.45, 7) is 5.47. The summed E-state index contributed by atoms with van der Waals surface area (Å²) >= 11 is 0. The van der Waals surface area contributed by atoms with Crippen molar-refractivity contribution in [3.63, 3.8) is 0 Å². The first kappa shape index (κ1) is 14.6. The van der Waals surface area contributed by atoms with Crippen LogP contribution in [0.15, 0.2) is 24.3 Å². The fraction of sp³-hybridized carbons (Fsp3) is 0.667. The van der Waals surface area contributed by atoms with Crippen LogP contribution < -0.4 is 5.32 Å². The van der Waals surface area contributed by atoms with Gasteiger partial charge in [-0.1, -0.05) is 75.3 Å². The predicted octanol–water partition coefficient (Wildman–Crippen LogP) is 5.01. The summed E-state index contributed by atoms with van der Waals surface area (Å²) in [7, 11) is 0. The summed E-state index contributed by atoms with van der Waals surface area (Å²) in [5.41, 5.74) is 2.85. The molecule has 19 heavy (non-hydrogen) atoms. The van der Waals surface area contributed by atoms with Crippen molar-refractivity contribution in [1.82, 2.24) is 5.32 Å². The molecule has 1 fully saturated rings. The van der Waals surface area contributed by atoms with Gasteiger partial charge in [-0.05, 0) is 31.4 Å². The van der Waals surface area contributed by atoms with E-state index in [0.717, 1.165) is 12.5 Å². The maximum Gasteiger partial charge on any atom is 0.0322 e. The van der Waals surface area contributed by atoms with Gasteiger partial charge in [0.05, 0.1) is 0 Å². The molecule has 1 aliphatic carbocycles. The molecule has 2 rings (SSSR count).